The number of rotatable bonds is 9. The summed E-state index contributed by atoms with van der Waals surface area (Å²) in [6.45, 7) is 4.11. The van der Waals surface area contributed by atoms with E-state index in [4.69, 9.17) is 9.47 Å². The zero-order valence-electron chi connectivity index (χ0n) is 14.6. The Kier molecular flexibility index (Phi) is 6.38. The summed E-state index contributed by atoms with van der Waals surface area (Å²) in [6, 6.07) is 8.91. The molecule has 2 aliphatic rings. The van der Waals surface area contributed by atoms with Gasteiger partial charge in [0.2, 0.25) is 0 Å². The first-order valence-electron chi connectivity index (χ1n) is 9.69. The molecule has 1 atom stereocenters. The average Bonchev–Trinajstić information content (AvgIpc) is 3.41. The number of unbranched alkanes of at least 4 members (excludes halogenated alkanes) is 1. The van der Waals surface area contributed by atoms with Crippen molar-refractivity contribution in [3.63, 3.8) is 0 Å². The van der Waals surface area contributed by atoms with Crippen LogP contribution in [0.4, 0.5) is 0 Å². The molecule has 1 aliphatic heterocycles. The van der Waals surface area contributed by atoms with Crippen LogP contribution in [0.1, 0.15) is 76.2 Å². The molecule has 2 nitrogen and oxygen atoms in total. The molecule has 0 N–H and O–H groups in total. The third-order valence-corrected chi connectivity index (χ3v) is 5.49. The molecular weight excluding hydrogens is 284 g/mol. The van der Waals surface area contributed by atoms with Crippen molar-refractivity contribution in [2.24, 2.45) is 5.92 Å². The van der Waals surface area contributed by atoms with E-state index in [0.29, 0.717) is 6.10 Å². The summed E-state index contributed by atoms with van der Waals surface area (Å²) < 4.78 is 11.1. The normalized spacial score (nSPS) is 26.9. The van der Waals surface area contributed by atoms with Crippen LogP contribution >= 0.6 is 0 Å². The standard InChI is InChI=1S/C21H32O2/c1-2-5-17-7-9-18(10-8-17)19-11-13-20(14-12-19)22-15-4-3-6-21-16-23-21/h11-14,17-18,21H,2-10,15-16H2,1H3. The van der Waals surface area contributed by atoms with Gasteiger partial charge in [0.05, 0.1) is 19.3 Å². The van der Waals surface area contributed by atoms with Crippen molar-refractivity contribution in [3.05, 3.63) is 29.8 Å². The quantitative estimate of drug-likeness (QED) is 0.430. The first-order chi connectivity index (χ1) is 11.3. The molecule has 0 amide bonds. The summed E-state index contributed by atoms with van der Waals surface area (Å²) in [4.78, 5) is 0. The summed E-state index contributed by atoms with van der Waals surface area (Å²) in [7, 11) is 0. The lowest BCUT2D eigenvalue weighted by molar-refractivity contribution is 0.298. The largest absolute Gasteiger partial charge is 0.494 e. The molecule has 1 aromatic carbocycles. The summed E-state index contributed by atoms with van der Waals surface area (Å²) in [6.07, 6.45) is 12.4. The highest BCUT2D eigenvalue weighted by atomic mass is 16.6. The van der Waals surface area contributed by atoms with Crippen molar-refractivity contribution in [2.75, 3.05) is 13.2 Å². The fourth-order valence-electron chi connectivity index (χ4n) is 3.93. The van der Waals surface area contributed by atoms with Crippen molar-refractivity contribution < 1.29 is 9.47 Å². The van der Waals surface area contributed by atoms with Crippen molar-refractivity contribution in [3.8, 4) is 5.75 Å². The Balaban J connectivity index is 1.36. The van der Waals surface area contributed by atoms with E-state index in [0.717, 1.165) is 37.2 Å². The molecule has 0 bridgehead atoms. The fraction of sp³-hybridized carbons (Fsp3) is 0.714. The van der Waals surface area contributed by atoms with E-state index in [1.807, 2.05) is 0 Å². The van der Waals surface area contributed by atoms with Gasteiger partial charge in [0, 0.05) is 0 Å². The Hall–Kier alpha value is -1.02. The van der Waals surface area contributed by atoms with E-state index in [1.165, 1.54) is 56.9 Å². The molecule has 2 heteroatoms. The Morgan fingerprint density at radius 2 is 1.74 bits per heavy atom. The number of hydrogen-bond donors (Lipinski definition) is 0. The molecule has 3 rings (SSSR count). The minimum Gasteiger partial charge on any atom is -0.494 e. The van der Waals surface area contributed by atoms with Gasteiger partial charge < -0.3 is 9.47 Å². The van der Waals surface area contributed by atoms with E-state index in [2.05, 4.69) is 31.2 Å². The van der Waals surface area contributed by atoms with Crippen molar-refractivity contribution in [1.29, 1.82) is 0 Å². The highest BCUT2D eigenvalue weighted by Crippen LogP contribution is 2.37. The van der Waals surface area contributed by atoms with Crippen molar-refractivity contribution >= 4 is 0 Å². The summed E-state index contributed by atoms with van der Waals surface area (Å²) >= 11 is 0. The molecule has 23 heavy (non-hydrogen) atoms. The minimum absolute atomic E-state index is 0.557. The lowest BCUT2D eigenvalue weighted by atomic mass is 9.77. The van der Waals surface area contributed by atoms with E-state index in [9.17, 15) is 0 Å². The first-order valence-corrected chi connectivity index (χ1v) is 9.69. The maximum Gasteiger partial charge on any atom is 0.119 e. The predicted octanol–water partition coefficient (Wildman–Crippen LogP) is 5.71. The number of epoxide rings is 1. The molecule has 1 aromatic rings. The number of ether oxygens (including phenoxy) is 2. The molecule has 0 radical (unpaired) electrons. The Morgan fingerprint density at radius 1 is 1.00 bits per heavy atom. The molecule has 1 saturated carbocycles. The van der Waals surface area contributed by atoms with E-state index >= 15 is 0 Å². The van der Waals surface area contributed by atoms with Gasteiger partial charge in [-0.15, -0.1) is 0 Å². The molecular formula is C21H32O2. The van der Waals surface area contributed by atoms with Crippen LogP contribution in [0.2, 0.25) is 0 Å². The zero-order valence-corrected chi connectivity index (χ0v) is 14.6. The molecule has 128 valence electrons. The van der Waals surface area contributed by atoms with E-state index < -0.39 is 0 Å². The second-order valence-electron chi connectivity index (χ2n) is 7.37. The smallest absolute Gasteiger partial charge is 0.119 e. The molecule has 1 unspecified atom stereocenters. The maximum absolute atomic E-state index is 5.86. The van der Waals surface area contributed by atoms with Crippen LogP contribution in [0.25, 0.3) is 0 Å². The maximum atomic E-state index is 5.86. The van der Waals surface area contributed by atoms with Crippen LogP contribution in [0, 0.1) is 5.92 Å². The zero-order chi connectivity index (χ0) is 15.9. The van der Waals surface area contributed by atoms with E-state index in [1.54, 1.807) is 0 Å². The van der Waals surface area contributed by atoms with Crippen LogP contribution in [0.5, 0.6) is 5.75 Å². The molecule has 0 aromatic heterocycles. The van der Waals surface area contributed by atoms with Gasteiger partial charge in [0.15, 0.2) is 0 Å². The van der Waals surface area contributed by atoms with Crippen LogP contribution in [-0.4, -0.2) is 19.3 Å². The van der Waals surface area contributed by atoms with Gasteiger partial charge in [-0.1, -0.05) is 31.9 Å². The number of benzene rings is 1. The van der Waals surface area contributed by atoms with Gasteiger partial charge in [-0.05, 0) is 74.5 Å². The highest BCUT2D eigenvalue weighted by Gasteiger charge is 2.22. The van der Waals surface area contributed by atoms with Crippen LogP contribution in [-0.2, 0) is 4.74 Å². The predicted molar refractivity (Wildman–Crippen MR) is 95.1 cm³/mol. The minimum atomic E-state index is 0.557. The average molecular weight is 316 g/mol. The second kappa shape index (κ2) is 8.73. The Labute approximate surface area is 141 Å². The van der Waals surface area contributed by atoms with Crippen LogP contribution < -0.4 is 4.74 Å². The molecule has 2 fully saturated rings. The summed E-state index contributed by atoms with van der Waals surface area (Å²) in [5, 5.41) is 0. The second-order valence-corrected chi connectivity index (χ2v) is 7.37. The third kappa shape index (κ3) is 5.53. The summed E-state index contributed by atoms with van der Waals surface area (Å²) in [5.41, 5.74) is 1.51. The lowest BCUT2D eigenvalue weighted by Gasteiger charge is -2.28. The van der Waals surface area contributed by atoms with Gasteiger partial charge in [-0.3, -0.25) is 0 Å². The first kappa shape index (κ1) is 16.8. The fourth-order valence-corrected chi connectivity index (χ4v) is 3.93. The third-order valence-electron chi connectivity index (χ3n) is 5.49. The van der Waals surface area contributed by atoms with Crippen LogP contribution in [0.3, 0.4) is 0 Å². The molecule has 0 spiro atoms. The van der Waals surface area contributed by atoms with Gasteiger partial charge in [0.25, 0.3) is 0 Å². The van der Waals surface area contributed by atoms with E-state index in [-0.39, 0.29) is 0 Å². The van der Waals surface area contributed by atoms with Gasteiger partial charge >= 0.3 is 0 Å². The van der Waals surface area contributed by atoms with Gasteiger partial charge in [-0.25, -0.2) is 0 Å². The molecule has 1 aliphatic carbocycles. The van der Waals surface area contributed by atoms with Crippen LogP contribution in [0.15, 0.2) is 24.3 Å². The van der Waals surface area contributed by atoms with Crippen molar-refractivity contribution in [1.82, 2.24) is 0 Å². The van der Waals surface area contributed by atoms with Gasteiger partial charge in [-0.2, -0.15) is 0 Å². The molecule has 1 saturated heterocycles. The number of hydrogen-bond acceptors (Lipinski definition) is 2. The Bertz CT molecular complexity index is 441. The van der Waals surface area contributed by atoms with Crippen molar-refractivity contribution in [2.45, 2.75) is 76.7 Å². The Morgan fingerprint density at radius 3 is 2.39 bits per heavy atom. The lowest BCUT2D eigenvalue weighted by Crippen LogP contribution is -2.13. The van der Waals surface area contributed by atoms with Gasteiger partial charge in [0.1, 0.15) is 5.75 Å². The monoisotopic (exact) mass is 316 g/mol. The highest BCUT2D eigenvalue weighted by molar-refractivity contribution is 5.29. The molecule has 1 heterocycles. The topological polar surface area (TPSA) is 21.8 Å². The SMILES string of the molecule is CCCC1CCC(c2ccc(OCCCCC3CO3)cc2)CC1. The summed E-state index contributed by atoms with van der Waals surface area (Å²) in [5.74, 6) is 2.78.